The Morgan fingerprint density at radius 2 is 0.980 bits per heavy atom. The minimum Gasteiger partial charge on any atom is -0.508 e. The third kappa shape index (κ3) is 22.7. The van der Waals surface area contributed by atoms with Crippen LogP contribution < -0.4 is 0 Å². The summed E-state index contributed by atoms with van der Waals surface area (Å²) in [5.74, 6) is 0.422. The van der Waals surface area contributed by atoms with Gasteiger partial charge in [0.2, 0.25) is 0 Å². The first-order valence-corrected chi connectivity index (χ1v) is 17.2. The molecule has 0 heterocycles. The number of ketones is 1. The number of carbonyl (C=O) groups is 1. The molecule has 0 spiro atoms. The second-order valence-corrected chi connectivity index (χ2v) is 11.1. The van der Waals surface area contributed by atoms with E-state index in [9.17, 15) is 30.1 Å². The van der Waals surface area contributed by atoms with Gasteiger partial charge in [0.1, 0.15) is 11.5 Å². The molecule has 0 aliphatic rings. The quantitative estimate of drug-likeness (QED) is 0.0610. The number of hydrogen-bond acceptors (Lipinski definition) is 14. The van der Waals surface area contributed by atoms with Gasteiger partial charge in [0.05, 0.1) is 115 Å². The van der Waals surface area contributed by atoms with E-state index < -0.39 is 9.85 Å². The number of phenolic OH excluding ortho intramolecular Hbond substituents is 1. The minimum absolute atomic E-state index is 0.180. The molecule has 2 aromatic rings. The number of rotatable bonds is 34. The molecule has 0 amide bonds. The van der Waals surface area contributed by atoms with Crippen LogP contribution in [0.4, 0.5) is 11.4 Å². The second kappa shape index (κ2) is 29.0. The molecule has 0 unspecified atom stereocenters. The number of aryl methyl sites for hydroxylation is 2. The normalized spacial score (nSPS) is 11.2. The van der Waals surface area contributed by atoms with Gasteiger partial charge >= 0.3 is 0 Å². The van der Waals surface area contributed by atoms with E-state index in [1.54, 1.807) is 12.1 Å². The van der Waals surface area contributed by atoms with Crippen LogP contribution in [0.15, 0.2) is 42.5 Å². The monoisotopic (exact) mass is 724 g/mol. The molecule has 16 nitrogen and oxygen atoms in total. The van der Waals surface area contributed by atoms with E-state index in [4.69, 9.17) is 37.9 Å². The summed E-state index contributed by atoms with van der Waals surface area (Å²) in [6.07, 6.45) is 3.41. The average Bonchev–Trinajstić information content (AvgIpc) is 3.12. The lowest BCUT2D eigenvalue weighted by Gasteiger charge is -2.09. The van der Waals surface area contributed by atoms with Crippen molar-refractivity contribution in [2.45, 2.75) is 38.5 Å². The Hall–Kier alpha value is -3.61. The summed E-state index contributed by atoms with van der Waals surface area (Å²) in [7, 11) is 0. The molecule has 0 saturated carbocycles. The fourth-order valence-electron chi connectivity index (χ4n) is 4.52. The Balaban J connectivity index is 1.23. The maximum absolute atomic E-state index is 12.0. The van der Waals surface area contributed by atoms with Gasteiger partial charge in [-0.3, -0.25) is 25.0 Å². The van der Waals surface area contributed by atoms with Crippen LogP contribution in [0.5, 0.6) is 5.75 Å². The summed E-state index contributed by atoms with van der Waals surface area (Å²) in [5.41, 5.74) is 0.967. The summed E-state index contributed by atoms with van der Waals surface area (Å²) in [4.78, 5) is 32.7. The van der Waals surface area contributed by atoms with Gasteiger partial charge in [0.15, 0.2) is 0 Å². The van der Waals surface area contributed by atoms with Crippen molar-refractivity contribution in [2.75, 3.05) is 106 Å². The number of phenols is 1. The Morgan fingerprint density at radius 1 is 0.529 bits per heavy atom. The van der Waals surface area contributed by atoms with Crippen LogP contribution in [0.1, 0.15) is 36.8 Å². The first-order valence-electron chi connectivity index (χ1n) is 17.2. The maximum atomic E-state index is 12.0. The zero-order valence-corrected chi connectivity index (χ0v) is 29.2. The highest BCUT2D eigenvalue weighted by atomic mass is 16.6. The molecule has 0 saturated heterocycles. The third-order valence-electron chi connectivity index (χ3n) is 7.20. The van der Waals surface area contributed by atoms with Crippen molar-refractivity contribution >= 4 is 17.2 Å². The summed E-state index contributed by atoms with van der Waals surface area (Å²) in [6, 6.07) is 10.7. The zero-order chi connectivity index (χ0) is 36.8. The lowest BCUT2D eigenvalue weighted by Crippen LogP contribution is -2.15. The summed E-state index contributed by atoms with van der Waals surface area (Å²) in [5, 5.41) is 31.3. The molecule has 0 atom stereocenters. The van der Waals surface area contributed by atoms with Crippen molar-refractivity contribution < 1.29 is 57.6 Å². The molecule has 286 valence electrons. The highest BCUT2D eigenvalue weighted by molar-refractivity contribution is 5.78. The van der Waals surface area contributed by atoms with Crippen LogP contribution in [0.2, 0.25) is 0 Å². The number of Topliss-reactive ketones (excluding diaryl/α,β-unsaturated/α-hetero) is 1. The zero-order valence-electron chi connectivity index (χ0n) is 29.2. The highest BCUT2D eigenvalue weighted by Gasteiger charge is 2.18. The summed E-state index contributed by atoms with van der Waals surface area (Å²) < 4.78 is 43.7. The largest absolute Gasteiger partial charge is 0.508 e. The molecule has 1 N–H and O–H groups in total. The third-order valence-corrected chi connectivity index (χ3v) is 7.20. The average molecular weight is 725 g/mol. The number of non-ortho nitro benzene ring substituents is 1. The molecule has 51 heavy (non-hydrogen) atoms. The molecular formula is C35H52N2O14. The van der Waals surface area contributed by atoms with Crippen molar-refractivity contribution in [2.24, 2.45) is 0 Å². The number of benzene rings is 2. The first kappa shape index (κ1) is 43.6. The number of nitrogens with zero attached hydrogens (tertiary/aromatic N) is 2. The van der Waals surface area contributed by atoms with Crippen molar-refractivity contribution in [3.8, 4) is 5.75 Å². The predicted molar refractivity (Wildman–Crippen MR) is 185 cm³/mol. The van der Waals surface area contributed by atoms with E-state index in [0.717, 1.165) is 24.5 Å². The van der Waals surface area contributed by atoms with Crippen molar-refractivity contribution in [1.29, 1.82) is 0 Å². The molecule has 2 rings (SSSR count). The van der Waals surface area contributed by atoms with Crippen molar-refractivity contribution in [1.82, 2.24) is 0 Å². The highest BCUT2D eigenvalue weighted by Crippen LogP contribution is 2.25. The van der Waals surface area contributed by atoms with Gasteiger partial charge in [0.25, 0.3) is 11.4 Å². The topological polar surface area (TPSA) is 197 Å². The van der Waals surface area contributed by atoms with Crippen LogP contribution in [0, 0.1) is 20.2 Å². The second-order valence-electron chi connectivity index (χ2n) is 11.1. The smallest absolute Gasteiger partial charge is 0.279 e. The van der Waals surface area contributed by atoms with E-state index in [-0.39, 0.29) is 22.9 Å². The molecule has 16 heteroatoms. The van der Waals surface area contributed by atoms with Crippen molar-refractivity contribution in [3.63, 3.8) is 0 Å². The van der Waals surface area contributed by atoms with Gasteiger partial charge in [-0.05, 0) is 49.4 Å². The van der Waals surface area contributed by atoms with Gasteiger partial charge in [0, 0.05) is 31.1 Å². The fourth-order valence-corrected chi connectivity index (χ4v) is 4.52. The van der Waals surface area contributed by atoms with Crippen LogP contribution in [0.25, 0.3) is 0 Å². The van der Waals surface area contributed by atoms with Gasteiger partial charge in [-0.1, -0.05) is 12.1 Å². The standard InChI is InChI=1S/C35H52N2O14/c38-33(5-1-3-30-6-10-34(39)11-7-30)12-14-45-16-18-47-20-22-49-24-26-51-28-27-50-25-23-48-21-19-46-17-15-44-13-2-4-31-8-9-32(36(40)41)29-35(31)37(42)43/h6-11,29,39H,1-5,12-28H2. The number of aromatic hydroxyl groups is 1. The first-order chi connectivity index (χ1) is 24.9. The lowest BCUT2D eigenvalue weighted by atomic mass is 10.1. The Labute approximate surface area is 298 Å². The van der Waals surface area contributed by atoms with Crippen LogP contribution in [0.3, 0.4) is 0 Å². The molecule has 0 radical (unpaired) electrons. The number of carbonyl (C=O) groups excluding carboxylic acids is 1. The number of nitro groups is 2. The van der Waals surface area contributed by atoms with Gasteiger partial charge in [-0.2, -0.15) is 0 Å². The SMILES string of the molecule is O=C(CCCc1ccc(O)cc1)CCOCCOCCOCCOCCOCCOCCOCCOCCCc1ccc([N+](=O)[O-])cc1[N+](=O)[O-]. The van der Waals surface area contributed by atoms with Gasteiger partial charge < -0.3 is 43.0 Å². The lowest BCUT2D eigenvalue weighted by molar-refractivity contribution is -0.394. The van der Waals surface area contributed by atoms with Crippen LogP contribution >= 0.6 is 0 Å². The van der Waals surface area contributed by atoms with Gasteiger partial charge in [-0.15, -0.1) is 0 Å². The molecule has 0 bridgehead atoms. The number of nitro benzene ring substituents is 2. The molecule has 0 aliphatic carbocycles. The fraction of sp³-hybridized carbons (Fsp3) is 0.629. The van der Waals surface area contributed by atoms with E-state index in [1.807, 2.05) is 12.1 Å². The van der Waals surface area contributed by atoms with Crippen LogP contribution in [-0.4, -0.2) is 126 Å². The molecule has 0 aromatic heterocycles. The Bertz CT molecular complexity index is 1230. The summed E-state index contributed by atoms with van der Waals surface area (Å²) in [6.45, 7) is 6.80. The van der Waals surface area contributed by atoms with Crippen LogP contribution in [-0.2, 0) is 55.5 Å². The molecular weight excluding hydrogens is 672 g/mol. The molecule has 0 fully saturated rings. The number of ether oxygens (including phenoxy) is 8. The van der Waals surface area contributed by atoms with E-state index in [1.165, 1.54) is 12.1 Å². The Kier molecular flexibility index (Phi) is 24.8. The number of hydrogen-bond donors (Lipinski definition) is 1. The van der Waals surface area contributed by atoms with Crippen molar-refractivity contribution in [3.05, 3.63) is 73.8 Å². The van der Waals surface area contributed by atoms with E-state index >= 15 is 0 Å². The van der Waals surface area contributed by atoms with Gasteiger partial charge in [-0.25, -0.2) is 0 Å². The predicted octanol–water partition coefficient (Wildman–Crippen LogP) is 4.26. The molecule has 0 aliphatic heterocycles. The Morgan fingerprint density at radius 3 is 1.43 bits per heavy atom. The minimum atomic E-state index is -0.656. The maximum Gasteiger partial charge on any atom is 0.279 e. The summed E-state index contributed by atoms with van der Waals surface area (Å²) >= 11 is 0. The van der Waals surface area contributed by atoms with E-state index in [0.29, 0.717) is 137 Å². The molecule has 2 aromatic carbocycles. The van der Waals surface area contributed by atoms with E-state index in [2.05, 4.69) is 0 Å².